The zero-order valence-electron chi connectivity index (χ0n) is 11.3. The Morgan fingerprint density at radius 2 is 2.00 bits per heavy atom. The number of hydrogen-bond acceptors (Lipinski definition) is 3. The molecule has 1 aliphatic carbocycles. The van der Waals surface area contributed by atoms with E-state index >= 15 is 0 Å². The largest absolute Gasteiger partial charge is 0.369 e. The minimum absolute atomic E-state index is 0.461. The van der Waals surface area contributed by atoms with Gasteiger partial charge in [-0.05, 0) is 31.1 Å². The van der Waals surface area contributed by atoms with Crippen molar-refractivity contribution in [2.24, 2.45) is 5.41 Å². The smallest absolute Gasteiger partial charge is 0.137 e. The molecule has 1 aromatic heterocycles. The van der Waals surface area contributed by atoms with Crippen molar-refractivity contribution >= 4 is 17.4 Å². The molecule has 0 radical (unpaired) electrons. The fourth-order valence-corrected chi connectivity index (χ4v) is 3.17. The lowest BCUT2D eigenvalue weighted by Crippen LogP contribution is -2.26. The van der Waals surface area contributed by atoms with Crippen LogP contribution in [0.2, 0.25) is 5.15 Å². The molecular weight excluding hydrogens is 246 g/mol. The Balaban J connectivity index is 2.08. The third-order valence-corrected chi connectivity index (χ3v) is 4.62. The highest BCUT2D eigenvalue weighted by atomic mass is 35.5. The zero-order chi connectivity index (χ0) is 13.0. The van der Waals surface area contributed by atoms with Crippen LogP contribution in [0.5, 0.6) is 0 Å². The molecule has 0 aromatic carbocycles. The van der Waals surface area contributed by atoms with Crippen LogP contribution in [0.4, 0.5) is 5.82 Å². The molecule has 0 aliphatic heterocycles. The number of rotatable bonds is 5. The molecule has 2 rings (SSSR count). The van der Waals surface area contributed by atoms with Crippen molar-refractivity contribution in [3.05, 3.63) is 17.0 Å². The van der Waals surface area contributed by atoms with Crippen molar-refractivity contribution < 1.29 is 0 Å². The van der Waals surface area contributed by atoms with Crippen LogP contribution >= 0.6 is 11.6 Å². The summed E-state index contributed by atoms with van der Waals surface area (Å²) in [7, 11) is 0. The summed E-state index contributed by atoms with van der Waals surface area (Å²) >= 11 is 6.10. The van der Waals surface area contributed by atoms with Gasteiger partial charge in [0.15, 0.2) is 0 Å². The number of nitrogens with one attached hydrogen (secondary N) is 1. The average Bonchev–Trinajstić information content (AvgIpc) is 2.86. The van der Waals surface area contributed by atoms with E-state index in [1.807, 2.05) is 0 Å². The summed E-state index contributed by atoms with van der Waals surface area (Å²) in [6.45, 7) is 5.38. The second-order valence-corrected chi connectivity index (χ2v) is 5.62. The van der Waals surface area contributed by atoms with E-state index in [4.69, 9.17) is 11.6 Å². The van der Waals surface area contributed by atoms with Crippen LogP contribution in [-0.4, -0.2) is 16.5 Å². The number of anilines is 1. The molecule has 0 saturated heterocycles. The topological polar surface area (TPSA) is 37.8 Å². The first-order valence-electron chi connectivity index (χ1n) is 6.94. The first kappa shape index (κ1) is 13.6. The third-order valence-electron chi connectivity index (χ3n) is 4.29. The van der Waals surface area contributed by atoms with E-state index in [-0.39, 0.29) is 0 Å². The molecule has 0 spiro atoms. The molecule has 100 valence electrons. The number of aromatic nitrogens is 2. The Bertz CT molecular complexity index is 400. The first-order valence-corrected chi connectivity index (χ1v) is 7.32. The Morgan fingerprint density at radius 1 is 1.28 bits per heavy atom. The van der Waals surface area contributed by atoms with Gasteiger partial charge in [0.2, 0.25) is 0 Å². The van der Waals surface area contributed by atoms with Gasteiger partial charge in [0, 0.05) is 12.1 Å². The highest BCUT2D eigenvalue weighted by Crippen LogP contribution is 2.41. The van der Waals surface area contributed by atoms with E-state index in [1.165, 1.54) is 38.4 Å². The van der Waals surface area contributed by atoms with Crippen molar-refractivity contribution in [2.75, 3.05) is 11.9 Å². The summed E-state index contributed by atoms with van der Waals surface area (Å²) in [5.74, 6) is 0.914. The minimum atomic E-state index is 0.461. The second-order valence-electron chi connectivity index (χ2n) is 5.26. The van der Waals surface area contributed by atoms with Crippen molar-refractivity contribution in [1.29, 1.82) is 0 Å². The van der Waals surface area contributed by atoms with Gasteiger partial charge in [-0.2, -0.15) is 0 Å². The third kappa shape index (κ3) is 2.77. The number of nitrogens with zero attached hydrogens (tertiary/aromatic N) is 2. The van der Waals surface area contributed by atoms with Gasteiger partial charge >= 0.3 is 0 Å². The first-order chi connectivity index (χ1) is 8.71. The Hall–Kier alpha value is -0.830. The maximum absolute atomic E-state index is 6.10. The van der Waals surface area contributed by atoms with Crippen LogP contribution in [0.3, 0.4) is 0 Å². The van der Waals surface area contributed by atoms with Crippen LogP contribution in [0, 0.1) is 5.41 Å². The van der Waals surface area contributed by atoms with Gasteiger partial charge in [-0.1, -0.05) is 38.3 Å². The molecule has 1 saturated carbocycles. The summed E-state index contributed by atoms with van der Waals surface area (Å²) < 4.78 is 0. The van der Waals surface area contributed by atoms with E-state index in [0.29, 0.717) is 10.6 Å². The second kappa shape index (κ2) is 5.87. The quantitative estimate of drug-likeness (QED) is 0.817. The van der Waals surface area contributed by atoms with E-state index in [2.05, 4.69) is 29.1 Å². The van der Waals surface area contributed by atoms with Crippen LogP contribution in [0.25, 0.3) is 0 Å². The van der Waals surface area contributed by atoms with Crippen molar-refractivity contribution in [1.82, 2.24) is 9.97 Å². The molecule has 0 amide bonds. The average molecular weight is 268 g/mol. The SMILES string of the molecule is CCc1c(Cl)ncnc1NCC1(CC)CCCC1. The highest BCUT2D eigenvalue weighted by Gasteiger charge is 2.31. The lowest BCUT2D eigenvalue weighted by Gasteiger charge is -2.28. The molecule has 4 heteroatoms. The Morgan fingerprint density at radius 3 is 2.61 bits per heavy atom. The molecule has 0 unspecified atom stereocenters. The van der Waals surface area contributed by atoms with Crippen molar-refractivity contribution in [3.63, 3.8) is 0 Å². The maximum Gasteiger partial charge on any atom is 0.137 e. The molecule has 18 heavy (non-hydrogen) atoms. The van der Waals surface area contributed by atoms with Gasteiger partial charge in [-0.3, -0.25) is 0 Å². The van der Waals surface area contributed by atoms with E-state index < -0.39 is 0 Å². The predicted molar refractivity (Wildman–Crippen MR) is 76.1 cm³/mol. The van der Waals surface area contributed by atoms with Gasteiger partial charge in [0.1, 0.15) is 17.3 Å². The lowest BCUT2D eigenvalue weighted by molar-refractivity contribution is 0.306. The standard InChI is InChI=1S/C14H22ClN3/c1-3-11-12(15)17-10-18-13(11)16-9-14(4-2)7-5-6-8-14/h10H,3-9H2,1-2H3,(H,16,17,18). The lowest BCUT2D eigenvalue weighted by atomic mass is 9.83. The number of hydrogen-bond donors (Lipinski definition) is 1. The van der Waals surface area contributed by atoms with Crippen LogP contribution < -0.4 is 5.32 Å². The normalized spacial score (nSPS) is 17.9. The molecule has 1 N–H and O–H groups in total. The van der Waals surface area contributed by atoms with E-state index in [0.717, 1.165) is 24.3 Å². The molecule has 1 aliphatic rings. The molecule has 1 aromatic rings. The fraction of sp³-hybridized carbons (Fsp3) is 0.714. The van der Waals surface area contributed by atoms with Crippen molar-refractivity contribution in [3.8, 4) is 0 Å². The number of halogens is 1. The summed E-state index contributed by atoms with van der Waals surface area (Å²) in [4.78, 5) is 8.37. The molecule has 1 fully saturated rings. The summed E-state index contributed by atoms with van der Waals surface area (Å²) in [6.07, 6.45) is 9.02. The maximum atomic E-state index is 6.10. The summed E-state index contributed by atoms with van der Waals surface area (Å²) in [5.41, 5.74) is 1.49. The highest BCUT2D eigenvalue weighted by molar-refractivity contribution is 6.30. The summed E-state index contributed by atoms with van der Waals surface area (Å²) in [5, 5.41) is 4.08. The van der Waals surface area contributed by atoms with Crippen LogP contribution in [0.1, 0.15) is 51.5 Å². The van der Waals surface area contributed by atoms with Gasteiger partial charge in [0.05, 0.1) is 0 Å². The fourth-order valence-electron chi connectivity index (χ4n) is 2.91. The molecule has 0 bridgehead atoms. The van der Waals surface area contributed by atoms with Gasteiger partial charge in [-0.25, -0.2) is 9.97 Å². The van der Waals surface area contributed by atoms with Gasteiger partial charge in [0.25, 0.3) is 0 Å². The van der Waals surface area contributed by atoms with E-state index in [9.17, 15) is 0 Å². The molecule has 1 heterocycles. The molecular formula is C14H22ClN3. The molecule has 0 atom stereocenters. The molecule has 3 nitrogen and oxygen atoms in total. The van der Waals surface area contributed by atoms with Gasteiger partial charge < -0.3 is 5.32 Å². The van der Waals surface area contributed by atoms with Gasteiger partial charge in [-0.15, -0.1) is 0 Å². The minimum Gasteiger partial charge on any atom is -0.369 e. The van der Waals surface area contributed by atoms with Crippen LogP contribution in [-0.2, 0) is 6.42 Å². The van der Waals surface area contributed by atoms with E-state index in [1.54, 1.807) is 0 Å². The van der Waals surface area contributed by atoms with Crippen LogP contribution in [0.15, 0.2) is 6.33 Å². The van der Waals surface area contributed by atoms with Crippen molar-refractivity contribution in [2.45, 2.75) is 52.4 Å². The zero-order valence-corrected chi connectivity index (χ0v) is 12.1. The summed E-state index contributed by atoms with van der Waals surface area (Å²) in [6, 6.07) is 0. The monoisotopic (exact) mass is 267 g/mol. The predicted octanol–water partition coefficient (Wildman–Crippen LogP) is 4.07. The Labute approximate surface area is 114 Å². The Kier molecular flexibility index (Phi) is 4.44.